The summed E-state index contributed by atoms with van der Waals surface area (Å²) in [6.45, 7) is 4.62. The van der Waals surface area contributed by atoms with E-state index in [1.165, 1.54) is 50.0 Å². The maximum absolute atomic E-state index is 2.31. The summed E-state index contributed by atoms with van der Waals surface area (Å²) in [5.41, 5.74) is 0. The Morgan fingerprint density at radius 3 is 1.77 bits per heavy atom. The Bertz CT molecular complexity index is 108. The van der Waals surface area contributed by atoms with Gasteiger partial charge in [0.15, 0.2) is 0 Å². The van der Waals surface area contributed by atoms with Crippen LogP contribution in [0.25, 0.3) is 0 Å². The molecule has 1 saturated heterocycles. The molecular formula is C12H24S. The standard InChI is InChI=1S/C12H24S/c1-3-5-7-11-9-13-10-12(11)8-6-4-2/h11-12H,3-10H2,1-2H3. The van der Waals surface area contributed by atoms with Gasteiger partial charge >= 0.3 is 0 Å². The lowest BCUT2D eigenvalue weighted by Gasteiger charge is -2.17. The molecule has 1 rings (SSSR count). The van der Waals surface area contributed by atoms with Crippen molar-refractivity contribution < 1.29 is 0 Å². The van der Waals surface area contributed by atoms with Crippen molar-refractivity contribution >= 4 is 11.8 Å². The van der Waals surface area contributed by atoms with E-state index in [0.717, 1.165) is 11.8 Å². The highest BCUT2D eigenvalue weighted by Gasteiger charge is 2.26. The van der Waals surface area contributed by atoms with Crippen molar-refractivity contribution in [3.63, 3.8) is 0 Å². The van der Waals surface area contributed by atoms with Crippen LogP contribution in [0, 0.1) is 11.8 Å². The van der Waals surface area contributed by atoms with Gasteiger partial charge in [0.05, 0.1) is 0 Å². The molecular weight excluding hydrogens is 176 g/mol. The molecule has 1 aliphatic rings. The molecule has 0 N–H and O–H groups in total. The second-order valence-electron chi connectivity index (χ2n) is 4.34. The van der Waals surface area contributed by atoms with E-state index >= 15 is 0 Å². The second kappa shape index (κ2) is 6.75. The molecule has 0 nitrogen and oxygen atoms in total. The minimum absolute atomic E-state index is 1.07. The summed E-state index contributed by atoms with van der Waals surface area (Å²) >= 11 is 2.19. The first-order chi connectivity index (χ1) is 6.38. The van der Waals surface area contributed by atoms with Gasteiger partial charge in [0.1, 0.15) is 0 Å². The Hall–Kier alpha value is 0.350. The average molecular weight is 200 g/mol. The van der Waals surface area contributed by atoms with Gasteiger partial charge in [-0.25, -0.2) is 0 Å². The van der Waals surface area contributed by atoms with Crippen LogP contribution >= 0.6 is 11.8 Å². The minimum Gasteiger partial charge on any atom is -0.161 e. The lowest BCUT2D eigenvalue weighted by Crippen LogP contribution is -2.12. The molecule has 78 valence electrons. The van der Waals surface area contributed by atoms with Gasteiger partial charge in [-0.15, -0.1) is 0 Å². The summed E-state index contributed by atoms with van der Waals surface area (Å²) in [6, 6.07) is 0. The summed E-state index contributed by atoms with van der Waals surface area (Å²) in [4.78, 5) is 0. The number of rotatable bonds is 6. The van der Waals surface area contributed by atoms with Crippen molar-refractivity contribution in [1.82, 2.24) is 0 Å². The van der Waals surface area contributed by atoms with Gasteiger partial charge in [0.2, 0.25) is 0 Å². The van der Waals surface area contributed by atoms with Crippen molar-refractivity contribution in [1.29, 1.82) is 0 Å². The predicted molar refractivity (Wildman–Crippen MR) is 63.4 cm³/mol. The zero-order chi connectivity index (χ0) is 9.52. The summed E-state index contributed by atoms with van der Waals surface area (Å²) in [5.74, 6) is 5.04. The fourth-order valence-corrected chi connectivity index (χ4v) is 3.83. The summed E-state index contributed by atoms with van der Waals surface area (Å²) in [7, 11) is 0. The molecule has 1 aliphatic heterocycles. The molecule has 2 atom stereocenters. The van der Waals surface area contributed by atoms with Crippen LogP contribution < -0.4 is 0 Å². The molecule has 0 saturated carbocycles. The second-order valence-corrected chi connectivity index (χ2v) is 5.42. The number of hydrogen-bond donors (Lipinski definition) is 0. The van der Waals surface area contributed by atoms with E-state index in [1.807, 2.05) is 0 Å². The van der Waals surface area contributed by atoms with Gasteiger partial charge in [-0.1, -0.05) is 39.5 Å². The molecule has 1 fully saturated rings. The van der Waals surface area contributed by atoms with E-state index in [2.05, 4.69) is 25.6 Å². The smallest absolute Gasteiger partial charge is 0.00361 e. The number of hydrogen-bond acceptors (Lipinski definition) is 1. The van der Waals surface area contributed by atoms with Crippen LogP contribution in [0.3, 0.4) is 0 Å². The van der Waals surface area contributed by atoms with Gasteiger partial charge in [-0.2, -0.15) is 11.8 Å². The summed E-state index contributed by atoms with van der Waals surface area (Å²) in [6.07, 6.45) is 8.65. The number of thioether (sulfide) groups is 1. The highest BCUT2D eigenvalue weighted by atomic mass is 32.2. The van der Waals surface area contributed by atoms with Gasteiger partial charge < -0.3 is 0 Å². The first-order valence-electron chi connectivity index (χ1n) is 5.96. The Labute approximate surface area is 87.9 Å². The fourth-order valence-electron chi connectivity index (χ4n) is 2.21. The summed E-state index contributed by atoms with van der Waals surface area (Å²) < 4.78 is 0. The molecule has 0 amide bonds. The van der Waals surface area contributed by atoms with E-state index in [9.17, 15) is 0 Å². The van der Waals surface area contributed by atoms with Gasteiger partial charge in [0.25, 0.3) is 0 Å². The van der Waals surface area contributed by atoms with Gasteiger partial charge in [-0.05, 0) is 36.2 Å². The van der Waals surface area contributed by atoms with Crippen molar-refractivity contribution in [3.8, 4) is 0 Å². The third-order valence-corrected chi connectivity index (χ3v) is 4.52. The molecule has 2 unspecified atom stereocenters. The van der Waals surface area contributed by atoms with Crippen LogP contribution in [0.4, 0.5) is 0 Å². The Morgan fingerprint density at radius 1 is 0.923 bits per heavy atom. The largest absolute Gasteiger partial charge is 0.161 e. The van der Waals surface area contributed by atoms with E-state index in [1.54, 1.807) is 0 Å². The van der Waals surface area contributed by atoms with Crippen molar-refractivity contribution in [2.75, 3.05) is 11.5 Å². The third-order valence-electron chi connectivity index (χ3n) is 3.19. The fraction of sp³-hybridized carbons (Fsp3) is 1.00. The Morgan fingerprint density at radius 2 is 1.38 bits per heavy atom. The van der Waals surface area contributed by atoms with Crippen molar-refractivity contribution in [2.24, 2.45) is 11.8 Å². The van der Waals surface area contributed by atoms with Crippen LogP contribution in [0.15, 0.2) is 0 Å². The number of unbranched alkanes of at least 4 members (excludes halogenated alkanes) is 2. The quantitative estimate of drug-likeness (QED) is 0.614. The lowest BCUT2D eigenvalue weighted by molar-refractivity contribution is 0.354. The molecule has 1 heterocycles. The highest BCUT2D eigenvalue weighted by molar-refractivity contribution is 7.99. The summed E-state index contributed by atoms with van der Waals surface area (Å²) in [5, 5.41) is 0. The minimum atomic E-state index is 1.07. The Balaban J connectivity index is 2.18. The molecule has 0 spiro atoms. The molecule has 0 aromatic rings. The molecule has 0 radical (unpaired) electrons. The molecule has 0 aromatic carbocycles. The van der Waals surface area contributed by atoms with Crippen LogP contribution in [0.1, 0.15) is 52.4 Å². The van der Waals surface area contributed by atoms with E-state index in [-0.39, 0.29) is 0 Å². The maximum Gasteiger partial charge on any atom is -0.00361 e. The monoisotopic (exact) mass is 200 g/mol. The van der Waals surface area contributed by atoms with Crippen molar-refractivity contribution in [2.45, 2.75) is 52.4 Å². The molecule has 1 heteroatoms. The average Bonchev–Trinajstić information content (AvgIpc) is 2.59. The van der Waals surface area contributed by atoms with Crippen LogP contribution in [0.5, 0.6) is 0 Å². The van der Waals surface area contributed by atoms with E-state index < -0.39 is 0 Å². The first kappa shape index (κ1) is 11.4. The maximum atomic E-state index is 2.31. The normalized spacial score (nSPS) is 28.2. The van der Waals surface area contributed by atoms with Crippen molar-refractivity contribution in [3.05, 3.63) is 0 Å². The SMILES string of the molecule is CCCCC1CSCC1CCCC. The van der Waals surface area contributed by atoms with Gasteiger partial charge in [-0.3, -0.25) is 0 Å². The zero-order valence-electron chi connectivity index (χ0n) is 9.22. The van der Waals surface area contributed by atoms with E-state index in [0.29, 0.717) is 0 Å². The topological polar surface area (TPSA) is 0 Å². The molecule has 13 heavy (non-hydrogen) atoms. The zero-order valence-corrected chi connectivity index (χ0v) is 10.0. The highest BCUT2D eigenvalue weighted by Crippen LogP contribution is 2.36. The predicted octanol–water partition coefficient (Wildman–Crippen LogP) is 4.35. The van der Waals surface area contributed by atoms with Crippen LogP contribution in [-0.4, -0.2) is 11.5 Å². The molecule has 0 bridgehead atoms. The van der Waals surface area contributed by atoms with E-state index in [4.69, 9.17) is 0 Å². The Kier molecular flexibility index (Phi) is 5.93. The van der Waals surface area contributed by atoms with Crippen LogP contribution in [0.2, 0.25) is 0 Å². The third kappa shape index (κ3) is 3.93. The lowest BCUT2D eigenvalue weighted by atomic mass is 9.87. The molecule has 0 aliphatic carbocycles. The first-order valence-corrected chi connectivity index (χ1v) is 7.11. The van der Waals surface area contributed by atoms with Gasteiger partial charge in [0, 0.05) is 0 Å². The van der Waals surface area contributed by atoms with Crippen LogP contribution in [-0.2, 0) is 0 Å². The molecule has 0 aromatic heterocycles.